The molecule has 0 N–H and O–H groups in total. The molecule has 2 aromatic rings. The Bertz CT molecular complexity index is 598. The molecule has 2 rings (SSSR count). The van der Waals surface area contributed by atoms with E-state index in [0.717, 1.165) is 5.56 Å². The van der Waals surface area contributed by atoms with Gasteiger partial charge in [-0.3, -0.25) is 9.78 Å². The van der Waals surface area contributed by atoms with Gasteiger partial charge < -0.3 is 0 Å². The Kier molecular flexibility index (Phi) is 3.72. The summed E-state index contributed by atoms with van der Waals surface area (Å²) in [5, 5.41) is 0.464. The van der Waals surface area contributed by atoms with Gasteiger partial charge in [0.2, 0.25) is 0 Å². The van der Waals surface area contributed by atoms with Gasteiger partial charge in [-0.1, -0.05) is 11.6 Å². The van der Waals surface area contributed by atoms with E-state index < -0.39 is 0 Å². The number of halogens is 2. The van der Waals surface area contributed by atoms with E-state index in [1.165, 1.54) is 24.4 Å². The van der Waals surface area contributed by atoms with Crippen LogP contribution < -0.4 is 0 Å². The van der Waals surface area contributed by atoms with Crippen LogP contribution in [0.25, 0.3) is 0 Å². The van der Waals surface area contributed by atoms with Crippen LogP contribution in [0.15, 0.2) is 36.7 Å². The summed E-state index contributed by atoms with van der Waals surface area (Å²) in [7, 11) is 0. The van der Waals surface area contributed by atoms with Gasteiger partial charge in [0, 0.05) is 24.4 Å². The number of aryl methyl sites for hydroxylation is 1. The van der Waals surface area contributed by atoms with Crippen molar-refractivity contribution in [3.05, 3.63) is 64.2 Å². The van der Waals surface area contributed by atoms with Crippen molar-refractivity contribution < 1.29 is 9.18 Å². The van der Waals surface area contributed by atoms with Crippen LogP contribution in [0.2, 0.25) is 5.02 Å². The van der Waals surface area contributed by atoms with Crippen LogP contribution in [-0.4, -0.2) is 10.8 Å². The lowest BCUT2D eigenvalue weighted by atomic mass is 10.00. The van der Waals surface area contributed by atoms with Crippen LogP contribution in [0, 0.1) is 12.7 Å². The standard InChI is InChI=1S/C14H11ClFNO/c1-9-6-11(16)2-3-12(9)14(18)7-10-4-5-17-8-13(10)15/h2-6,8H,7H2,1H3. The van der Waals surface area contributed by atoms with Crippen molar-refractivity contribution in [1.82, 2.24) is 4.98 Å². The topological polar surface area (TPSA) is 30.0 Å². The summed E-state index contributed by atoms with van der Waals surface area (Å²) < 4.78 is 13.0. The van der Waals surface area contributed by atoms with E-state index in [-0.39, 0.29) is 18.0 Å². The van der Waals surface area contributed by atoms with E-state index in [2.05, 4.69) is 4.98 Å². The van der Waals surface area contributed by atoms with E-state index >= 15 is 0 Å². The molecule has 0 bridgehead atoms. The minimum Gasteiger partial charge on any atom is -0.294 e. The van der Waals surface area contributed by atoms with Gasteiger partial charge in [0.1, 0.15) is 5.82 Å². The number of ketones is 1. The van der Waals surface area contributed by atoms with Gasteiger partial charge in [-0.2, -0.15) is 0 Å². The lowest BCUT2D eigenvalue weighted by Gasteiger charge is -2.06. The van der Waals surface area contributed by atoms with Gasteiger partial charge in [0.25, 0.3) is 0 Å². The van der Waals surface area contributed by atoms with Crippen molar-refractivity contribution in [2.75, 3.05) is 0 Å². The number of aromatic nitrogens is 1. The molecule has 18 heavy (non-hydrogen) atoms. The summed E-state index contributed by atoms with van der Waals surface area (Å²) in [4.78, 5) is 16.0. The third-order valence-corrected chi connectivity index (χ3v) is 3.04. The number of pyridine rings is 1. The van der Waals surface area contributed by atoms with Crippen LogP contribution in [0.1, 0.15) is 21.5 Å². The number of benzene rings is 1. The minimum atomic E-state index is -0.342. The van der Waals surface area contributed by atoms with Gasteiger partial charge in [-0.15, -0.1) is 0 Å². The van der Waals surface area contributed by atoms with Crippen molar-refractivity contribution in [1.29, 1.82) is 0 Å². The number of hydrogen-bond acceptors (Lipinski definition) is 2. The van der Waals surface area contributed by atoms with Crippen molar-refractivity contribution in [2.24, 2.45) is 0 Å². The quantitative estimate of drug-likeness (QED) is 0.792. The first-order valence-electron chi connectivity index (χ1n) is 5.45. The summed E-state index contributed by atoms with van der Waals surface area (Å²) in [6.45, 7) is 1.71. The Hall–Kier alpha value is -1.74. The third kappa shape index (κ3) is 2.74. The highest BCUT2D eigenvalue weighted by Crippen LogP contribution is 2.18. The molecule has 0 aliphatic heterocycles. The number of carbonyl (C=O) groups excluding carboxylic acids is 1. The highest BCUT2D eigenvalue weighted by atomic mass is 35.5. The summed E-state index contributed by atoms with van der Waals surface area (Å²) in [6.07, 6.45) is 3.28. The second kappa shape index (κ2) is 5.27. The third-order valence-electron chi connectivity index (χ3n) is 2.70. The predicted octanol–water partition coefficient (Wildman–Crippen LogP) is 3.61. The van der Waals surface area contributed by atoms with Gasteiger partial charge in [-0.25, -0.2) is 4.39 Å². The zero-order chi connectivity index (χ0) is 13.1. The SMILES string of the molecule is Cc1cc(F)ccc1C(=O)Cc1ccncc1Cl. The summed E-state index contributed by atoms with van der Waals surface area (Å²) in [5.41, 5.74) is 1.87. The average molecular weight is 264 g/mol. The molecule has 4 heteroatoms. The minimum absolute atomic E-state index is 0.0828. The largest absolute Gasteiger partial charge is 0.294 e. The van der Waals surface area contributed by atoms with E-state index in [4.69, 9.17) is 11.6 Å². The molecule has 0 amide bonds. The molecule has 0 unspecified atom stereocenters. The number of carbonyl (C=O) groups is 1. The van der Waals surface area contributed by atoms with Crippen molar-refractivity contribution in [3.8, 4) is 0 Å². The first kappa shape index (κ1) is 12.7. The highest BCUT2D eigenvalue weighted by molar-refractivity contribution is 6.31. The van der Waals surface area contributed by atoms with E-state index in [1.807, 2.05) is 0 Å². The molecule has 1 aromatic heterocycles. The van der Waals surface area contributed by atoms with Crippen molar-refractivity contribution >= 4 is 17.4 Å². The van der Waals surface area contributed by atoms with Gasteiger partial charge in [0.15, 0.2) is 5.78 Å². The molecule has 2 nitrogen and oxygen atoms in total. The molecule has 1 aromatic carbocycles. The Morgan fingerprint density at radius 3 is 2.83 bits per heavy atom. The lowest BCUT2D eigenvalue weighted by molar-refractivity contribution is 0.0992. The normalized spacial score (nSPS) is 10.4. The number of rotatable bonds is 3. The molecule has 0 aliphatic rings. The number of hydrogen-bond donors (Lipinski definition) is 0. The maximum Gasteiger partial charge on any atom is 0.167 e. The molecule has 0 fully saturated rings. The molecular formula is C14H11ClFNO. The lowest BCUT2D eigenvalue weighted by Crippen LogP contribution is -2.06. The number of nitrogens with zero attached hydrogens (tertiary/aromatic N) is 1. The fourth-order valence-electron chi connectivity index (χ4n) is 1.76. The first-order chi connectivity index (χ1) is 8.58. The fraction of sp³-hybridized carbons (Fsp3) is 0.143. The zero-order valence-corrected chi connectivity index (χ0v) is 10.5. The number of Topliss-reactive ketones (excluding diaryl/α,β-unsaturated/α-hetero) is 1. The maximum atomic E-state index is 13.0. The Morgan fingerprint density at radius 2 is 2.17 bits per heavy atom. The first-order valence-corrected chi connectivity index (χ1v) is 5.83. The Balaban J connectivity index is 2.25. The molecular weight excluding hydrogens is 253 g/mol. The fourth-order valence-corrected chi connectivity index (χ4v) is 1.94. The van der Waals surface area contributed by atoms with Crippen LogP contribution >= 0.6 is 11.6 Å². The Morgan fingerprint density at radius 1 is 1.39 bits per heavy atom. The van der Waals surface area contributed by atoms with Gasteiger partial charge in [-0.05, 0) is 42.3 Å². The van der Waals surface area contributed by atoms with Crippen LogP contribution in [0.4, 0.5) is 4.39 Å². The molecule has 0 saturated carbocycles. The molecule has 0 aliphatic carbocycles. The second-order valence-corrected chi connectivity index (χ2v) is 4.43. The monoisotopic (exact) mass is 263 g/mol. The summed E-state index contributed by atoms with van der Waals surface area (Å²) in [6, 6.07) is 5.84. The van der Waals surface area contributed by atoms with E-state index in [0.29, 0.717) is 16.1 Å². The Labute approximate surface area is 109 Å². The van der Waals surface area contributed by atoms with Crippen LogP contribution in [0.5, 0.6) is 0 Å². The van der Waals surface area contributed by atoms with Gasteiger partial charge in [0.05, 0.1) is 5.02 Å². The second-order valence-electron chi connectivity index (χ2n) is 4.03. The molecule has 0 radical (unpaired) electrons. The molecule has 0 saturated heterocycles. The van der Waals surface area contributed by atoms with E-state index in [9.17, 15) is 9.18 Å². The smallest absolute Gasteiger partial charge is 0.167 e. The van der Waals surface area contributed by atoms with Crippen molar-refractivity contribution in [2.45, 2.75) is 13.3 Å². The molecule has 0 spiro atoms. The summed E-state index contributed by atoms with van der Waals surface area (Å²) in [5.74, 6) is -0.424. The molecule has 1 heterocycles. The predicted molar refractivity (Wildman–Crippen MR) is 68.4 cm³/mol. The van der Waals surface area contributed by atoms with Gasteiger partial charge >= 0.3 is 0 Å². The molecule has 92 valence electrons. The van der Waals surface area contributed by atoms with E-state index in [1.54, 1.807) is 19.2 Å². The summed E-state index contributed by atoms with van der Waals surface area (Å²) >= 11 is 5.95. The highest BCUT2D eigenvalue weighted by Gasteiger charge is 2.12. The van der Waals surface area contributed by atoms with Crippen LogP contribution in [0.3, 0.4) is 0 Å². The van der Waals surface area contributed by atoms with Crippen molar-refractivity contribution in [3.63, 3.8) is 0 Å². The van der Waals surface area contributed by atoms with Crippen LogP contribution in [-0.2, 0) is 6.42 Å². The molecule has 0 atom stereocenters. The maximum absolute atomic E-state index is 13.0. The zero-order valence-electron chi connectivity index (χ0n) is 9.78. The average Bonchev–Trinajstić information content (AvgIpc) is 2.32.